The first-order chi connectivity index (χ1) is 8.58. The van der Waals surface area contributed by atoms with Gasteiger partial charge in [-0.3, -0.25) is 0 Å². The second kappa shape index (κ2) is 7.39. The molecule has 0 heterocycles. The van der Waals surface area contributed by atoms with Crippen molar-refractivity contribution in [3.8, 4) is 5.75 Å². The van der Waals surface area contributed by atoms with Gasteiger partial charge in [0.2, 0.25) is 0 Å². The maximum atomic E-state index is 5.83. The SMILES string of the molecule is CCNC(C)c1ccc(OC(C)COC)c(C)c1. The Bertz CT molecular complexity index is 366. The Hall–Kier alpha value is -1.06. The molecule has 1 rings (SSSR count). The van der Waals surface area contributed by atoms with Gasteiger partial charge in [-0.1, -0.05) is 19.1 Å². The van der Waals surface area contributed by atoms with E-state index in [1.54, 1.807) is 7.11 Å². The topological polar surface area (TPSA) is 30.5 Å². The summed E-state index contributed by atoms with van der Waals surface area (Å²) in [6.45, 7) is 9.97. The molecule has 0 fully saturated rings. The number of benzene rings is 1. The van der Waals surface area contributed by atoms with E-state index in [1.807, 2.05) is 13.0 Å². The molecule has 0 saturated carbocycles. The summed E-state index contributed by atoms with van der Waals surface area (Å²) in [5.41, 5.74) is 2.46. The fourth-order valence-corrected chi connectivity index (χ4v) is 1.98. The number of rotatable bonds is 7. The van der Waals surface area contributed by atoms with E-state index < -0.39 is 0 Å². The minimum atomic E-state index is 0.0748. The third kappa shape index (κ3) is 4.31. The molecule has 2 atom stereocenters. The first-order valence-electron chi connectivity index (χ1n) is 6.58. The highest BCUT2D eigenvalue weighted by Gasteiger charge is 2.09. The third-order valence-electron chi connectivity index (χ3n) is 2.94. The van der Waals surface area contributed by atoms with Crippen molar-refractivity contribution in [1.82, 2.24) is 5.32 Å². The van der Waals surface area contributed by atoms with E-state index >= 15 is 0 Å². The summed E-state index contributed by atoms with van der Waals surface area (Å²) in [7, 11) is 1.69. The Balaban J connectivity index is 2.73. The number of aryl methyl sites for hydroxylation is 1. The molecule has 0 aliphatic heterocycles. The van der Waals surface area contributed by atoms with Crippen molar-refractivity contribution in [2.45, 2.75) is 39.8 Å². The summed E-state index contributed by atoms with van der Waals surface area (Å²) in [6.07, 6.45) is 0.0748. The standard InChI is InChI=1S/C15H25NO2/c1-6-16-13(4)14-7-8-15(11(2)9-14)18-12(3)10-17-5/h7-9,12-13,16H,6,10H2,1-5H3. The molecule has 0 aliphatic carbocycles. The molecule has 0 radical (unpaired) electrons. The van der Waals surface area contributed by atoms with E-state index in [0.29, 0.717) is 12.6 Å². The van der Waals surface area contributed by atoms with Gasteiger partial charge < -0.3 is 14.8 Å². The van der Waals surface area contributed by atoms with E-state index in [9.17, 15) is 0 Å². The van der Waals surface area contributed by atoms with E-state index in [1.165, 1.54) is 11.1 Å². The van der Waals surface area contributed by atoms with Crippen LogP contribution >= 0.6 is 0 Å². The maximum Gasteiger partial charge on any atom is 0.122 e. The summed E-state index contributed by atoms with van der Waals surface area (Å²) in [6, 6.07) is 6.72. The molecule has 1 aromatic carbocycles. The Labute approximate surface area is 110 Å². The highest BCUT2D eigenvalue weighted by molar-refractivity contribution is 5.37. The number of nitrogens with one attached hydrogen (secondary N) is 1. The fraction of sp³-hybridized carbons (Fsp3) is 0.600. The van der Waals surface area contributed by atoms with Crippen LogP contribution in [0.4, 0.5) is 0 Å². The van der Waals surface area contributed by atoms with E-state index in [4.69, 9.17) is 9.47 Å². The van der Waals surface area contributed by atoms with Gasteiger partial charge in [0.15, 0.2) is 0 Å². The normalized spacial score (nSPS) is 14.3. The van der Waals surface area contributed by atoms with Gasteiger partial charge in [-0.25, -0.2) is 0 Å². The van der Waals surface area contributed by atoms with Crippen LogP contribution in [0.25, 0.3) is 0 Å². The molecule has 0 aliphatic rings. The Morgan fingerprint density at radius 3 is 2.56 bits per heavy atom. The number of hydrogen-bond acceptors (Lipinski definition) is 3. The molecule has 1 aromatic rings. The van der Waals surface area contributed by atoms with Gasteiger partial charge in [0.05, 0.1) is 6.61 Å². The monoisotopic (exact) mass is 251 g/mol. The molecule has 102 valence electrons. The highest BCUT2D eigenvalue weighted by atomic mass is 16.5. The van der Waals surface area contributed by atoms with Crippen LogP contribution in [0.2, 0.25) is 0 Å². The van der Waals surface area contributed by atoms with Crippen LogP contribution in [-0.4, -0.2) is 26.4 Å². The lowest BCUT2D eigenvalue weighted by Gasteiger charge is -2.18. The first-order valence-corrected chi connectivity index (χ1v) is 6.58. The molecule has 2 unspecified atom stereocenters. The lowest BCUT2D eigenvalue weighted by molar-refractivity contribution is 0.0916. The second-order valence-electron chi connectivity index (χ2n) is 4.69. The van der Waals surface area contributed by atoms with Gasteiger partial charge in [0, 0.05) is 13.2 Å². The summed E-state index contributed by atoms with van der Waals surface area (Å²) < 4.78 is 10.9. The average Bonchev–Trinajstić information content (AvgIpc) is 2.32. The molecule has 0 spiro atoms. The molecule has 0 amide bonds. The fourth-order valence-electron chi connectivity index (χ4n) is 1.98. The lowest BCUT2D eigenvalue weighted by Crippen LogP contribution is -2.19. The molecule has 0 bridgehead atoms. The Morgan fingerprint density at radius 2 is 2.00 bits per heavy atom. The largest absolute Gasteiger partial charge is 0.488 e. The van der Waals surface area contributed by atoms with Crippen LogP contribution < -0.4 is 10.1 Å². The molecule has 1 N–H and O–H groups in total. The predicted molar refractivity (Wildman–Crippen MR) is 75.2 cm³/mol. The van der Waals surface area contributed by atoms with Gasteiger partial charge >= 0.3 is 0 Å². The number of methoxy groups -OCH3 is 1. The molecule has 18 heavy (non-hydrogen) atoms. The van der Waals surface area contributed by atoms with Gasteiger partial charge in [0.25, 0.3) is 0 Å². The zero-order valence-electron chi connectivity index (χ0n) is 12.1. The number of ether oxygens (including phenoxy) is 2. The highest BCUT2D eigenvalue weighted by Crippen LogP contribution is 2.23. The van der Waals surface area contributed by atoms with Crippen molar-refractivity contribution < 1.29 is 9.47 Å². The lowest BCUT2D eigenvalue weighted by atomic mass is 10.0. The van der Waals surface area contributed by atoms with Crippen LogP contribution in [-0.2, 0) is 4.74 Å². The smallest absolute Gasteiger partial charge is 0.122 e. The van der Waals surface area contributed by atoms with Crippen LogP contribution in [0.5, 0.6) is 5.75 Å². The van der Waals surface area contributed by atoms with Crippen molar-refractivity contribution in [3.05, 3.63) is 29.3 Å². The first kappa shape index (κ1) is 15.0. The predicted octanol–water partition coefficient (Wildman–Crippen LogP) is 3.08. The molecule has 0 saturated heterocycles. The van der Waals surface area contributed by atoms with Crippen molar-refractivity contribution in [2.75, 3.05) is 20.3 Å². The van der Waals surface area contributed by atoms with E-state index in [-0.39, 0.29) is 6.10 Å². The summed E-state index contributed by atoms with van der Waals surface area (Å²) >= 11 is 0. The van der Waals surface area contributed by atoms with Gasteiger partial charge in [-0.2, -0.15) is 0 Å². The second-order valence-corrected chi connectivity index (χ2v) is 4.69. The van der Waals surface area contributed by atoms with Crippen molar-refractivity contribution >= 4 is 0 Å². The Morgan fingerprint density at radius 1 is 1.28 bits per heavy atom. The molecule has 3 heteroatoms. The van der Waals surface area contributed by atoms with Crippen molar-refractivity contribution in [2.24, 2.45) is 0 Å². The van der Waals surface area contributed by atoms with Gasteiger partial charge in [0.1, 0.15) is 11.9 Å². The van der Waals surface area contributed by atoms with Crippen LogP contribution in [0.1, 0.15) is 37.9 Å². The van der Waals surface area contributed by atoms with Gasteiger partial charge in [-0.15, -0.1) is 0 Å². The summed E-state index contributed by atoms with van der Waals surface area (Å²) in [5.74, 6) is 0.937. The van der Waals surface area contributed by atoms with Crippen LogP contribution in [0, 0.1) is 6.92 Å². The third-order valence-corrected chi connectivity index (χ3v) is 2.94. The van der Waals surface area contributed by atoms with E-state index in [2.05, 4.69) is 38.2 Å². The van der Waals surface area contributed by atoms with Crippen molar-refractivity contribution in [1.29, 1.82) is 0 Å². The zero-order chi connectivity index (χ0) is 13.5. The van der Waals surface area contributed by atoms with Gasteiger partial charge in [-0.05, 0) is 44.5 Å². The quantitative estimate of drug-likeness (QED) is 0.808. The van der Waals surface area contributed by atoms with E-state index in [0.717, 1.165) is 12.3 Å². The summed E-state index contributed by atoms with van der Waals surface area (Å²) in [5, 5.41) is 3.41. The summed E-state index contributed by atoms with van der Waals surface area (Å²) in [4.78, 5) is 0. The maximum absolute atomic E-state index is 5.83. The zero-order valence-corrected chi connectivity index (χ0v) is 12.1. The number of hydrogen-bond donors (Lipinski definition) is 1. The minimum absolute atomic E-state index is 0.0748. The minimum Gasteiger partial charge on any atom is -0.488 e. The molecular formula is C15H25NO2. The average molecular weight is 251 g/mol. The van der Waals surface area contributed by atoms with Crippen LogP contribution in [0.15, 0.2) is 18.2 Å². The van der Waals surface area contributed by atoms with Crippen molar-refractivity contribution in [3.63, 3.8) is 0 Å². The molecular weight excluding hydrogens is 226 g/mol. The molecule has 3 nitrogen and oxygen atoms in total. The van der Waals surface area contributed by atoms with Crippen LogP contribution in [0.3, 0.4) is 0 Å². The molecule has 0 aromatic heterocycles. The Kier molecular flexibility index (Phi) is 6.16.